The highest BCUT2D eigenvalue weighted by Gasteiger charge is 2.43. The average molecular weight is 271 g/mol. The van der Waals surface area contributed by atoms with E-state index in [2.05, 4.69) is 0 Å². The molecule has 19 heavy (non-hydrogen) atoms. The lowest BCUT2D eigenvalue weighted by atomic mass is 9.76. The van der Waals surface area contributed by atoms with Gasteiger partial charge in [0.05, 0.1) is 5.41 Å². The van der Waals surface area contributed by atoms with Crippen molar-refractivity contribution in [1.82, 2.24) is 4.90 Å². The molecule has 2 atom stereocenters. The van der Waals surface area contributed by atoms with Crippen LogP contribution in [0.5, 0.6) is 0 Å². The van der Waals surface area contributed by atoms with Gasteiger partial charge in [-0.3, -0.25) is 4.79 Å². The fraction of sp³-hybridized carbons (Fsp3) is 0.857. The summed E-state index contributed by atoms with van der Waals surface area (Å²) in [4.78, 5) is 25.1. The van der Waals surface area contributed by atoms with Crippen LogP contribution in [0.2, 0.25) is 0 Å². The van der Waals surface area contributed by atoms with Crippen molar-refractivity contribution >= 4 is 12.1 Å². The maximum Gasteiger partial charge on any atom is 0.410 e. The molecular formula is C14H25NO4. The third kappa shape index (κ3) is 3.85. The highest BCUT2D eigenvalue weighted by molar-refractivity contribution is 5.75. The van der Waals surface area contributed by atoms with Gasteiger partial charge in [0.25, 0.3) is 0 Å². The van der Waals surface area contributed by atoms with E-state index in [1.807, 2.05) is 27.7 Å². The Morgan fingerprint density at radius 1 is 1.42 bits per heavy atom. The first-order valence-electron chi connectivity index (χ1n) is 6.82. The van der Waals surface area contributed by atoms with Crippen molar-refractivity contribution in [2.45, 2.75) is 65.5 Å². The van der Waals surface area contributed by atoms with E-state index in [4.69, 9.17) is 4.74 Å². The number of piperidine rings is 1. The van der Waals surface area contributed by atoms with Crippen LogP contribution in [0.25, 0.3) is 0 Å². The normalized spacial score (nSPS) is 28.1. The predicted octanol–water partition coefficient (Wildman–Crippen LogP) is 2.89. The van der Waals surface area contributed by atoms with Gasteiger partial charge in [-0.2, -0.15) is 0 Å². The summed E-state index contributed by atoms with van der Waals surface area (Å²) in [7, 11) is 0. The maximum atomic E-state index is 12.1. The van der Waals surface area contributed by atoms with E-state index >= 15 is 0 Å². The van der Waals surface area contributed by atoms with Crippen molar-refractivity contribution in [1.29, 1.82) is 0 Å². The fourth-order valence-corrected chi connectivity index (χ4v) is 2.40. The van der Waals surface area contributed by atoms with Gasteiger partial charge in [-0.25, -0.2) is 4.79 Å². The fourth-order valence-electron chi connectivity index (χ4n) is 2.40. The molecule has 1 N–H and O–H groups in total. The Kier molecular flexibility index (Phi) is 4.48. The van der Waals surface area contributed by atoms with Gasteiger partial charge in [-0.05, 0) is 47.0 Å². The number of carbonyl (C=O) groups is 2. The molecule has 1 fully saturated rings. The first-order chi connectivity index (χ1) is 8.59. The molecule has 0 spiro atoms. The third-order valence-corrected chi connectivity index (χ3v) is 3.65. The van der Waals surface area contributed by atoms with Crippen molar-refractivity contribution < 1.29 is 19.4 Å². The minimum Gasteiger partial charge on any atom is -0.481 e. The Morgan fingerprint density at radius 2 is 2.00 bits per heavy atom. The van der Waals surface area contributed by atoms with Crippen molar-refractivity contribution in [3.63, 3.8) is 0 Å². The molecule has 2 unspecified atom stereocenters. The summed E-state index contributed by atoms with van der Waals surface area (Å²) >= 11 is 0. The number of nitrogens with zero attached hydrogens (tertiary/aromatic N) is 1. The van der Waals surface area contributed by atoms with E-state index in [1.54, 1.807) is 11.8 Å². The molecule has 1 aliphatic heterocycles. The van der Waals surface area contributed by atoms with E-state index < -0.39 is 17.0 Å². The zero-order valence-corrected chi connectivity index (χ0v) is 12.5. The molecule has 1 aliphatic rings. The molecule has 5 heteroatoms. The molecule has 0 aromatic rings. The van der Waals surface area contributed by atoms with Crippen molar-refractivity contribution in [3.8, 4) is 0 Å². The minimum atomic E-state index is -0.783. The third-order valence-electron chi connectivity index (χ3n) is 3.65. The summed E-state index contributed by atoms with van der Waals surface area (Å²) in [6, 6.07) is -0.0651. The van der Waals surface area contributed by atoms with Crippen molar-refractivity contribution in [2.24, 2.45) is 5.41 Å². The number of ether oxygens (including phenoxy) is 1. The second-order valence-electron chi connectivity index (χ2n) is 6.56. The Morgan fingerprint density at radius 3 is 2.42 bits per heavy atom. The quantitative estimate of drug-likeness (QED) is 0.838. The number of hydrogen-bond donors (Lipinski definition) is 1. The number of carboxylic acid groups (broad SMARTS) is 1. The molecule has 110 valence electrons. The second kappa shape index (κ2) is 5.39. The standard InChI is InChI=1S/C14H25NO4/c1-6-10-9-14(5,11(16)17)7-8-15(10)12(18)19-13(2,3)4/h10H,6-9H2,1-5H3,(H,16,17). The molecular weight excluding hydrogens is 246 g/mol. The van der Waals surface area contributed by atoms with Gasteiger partial charge in [0, 0.05) is 12.6 Å². The van der Waals surface area contributed by atoms with Crippen LogP contribution >= 0.6 is 0 Å². The van der Waals surface area contributed by atoms with E-state index in [-0.39, 0.29) is 12.1 Å². The zero-order valence-electron chi connectivity index (χ0n) is 12.5. The molecule has 0 aromatic carbocycles. The molecule has 0 bridgehead atoms. The number of aliphatic carboxylic acids is 1. The molecule has 0 saturated carbocycles. The summed E-state index contributed by atoms with van der Waals surface area (Å²) < 4.78 is 5.38. The van der Waals surface area contributed by atoms with Gasteiger partial charge in [0.2, 0.25) is 0 Å². The maximum absolute atomic E-state index is 12.1. The number of hydrogen-bond acceptors (Lipinski definition) is 3. The monoisotopic (exact) mass is 271 g/mol. The zero-order chi connectivity index (χ0) is 14.8. The van der Waals surface area contributed by atoms with Gasteiger partial charge in [0.15, 0.2) is 0 Å². The lowest BCUT2D eigenvalue weighted by molar-refractivity contribution is -0.152. The Labute approximate surface area is 114 Å². The summed E-state index contributed by atoms with van der Waals surface area (Å²) in [6.45, 7) is 9.65. The van der Waals surface area contributed by atoms with E-state index in [0.717, 1.165) is 6.42 Å². The first-order valence-corrected chi connectivity index (χ1v) is 6.82. The molecule has 1 saturated heterocycles. The van der Waals surface area contributed by atoms with Crippen LogP contribution < -0.4 is 0 Å². The van der Waals surface area contributed by atoms with Crippen molar-refractivity contribution in [2.75, 3.05) is 6.54 Å². The molecule has 0 aromatic heterocycles. The van der Waals surface area contributed by atoms with Gasteiger partial charge in [0.1, 0.15) is 5.60 Å². The highest BCUT2D eigenvalue weighted by atomic mass is 16.6. The average Bonchev–Trinajstić information content (AvgIpc) is 2.26. The second-order valence-corrected chi connectivity index (χ2v) is 6.56. The Bertz CT molecular complexity index is 361. The predicted molar refractivity (Wildman–Crippen MR) is 72.0 cm³/mol. The van der Waals surface area contributed by atoms with Gasteiger partial charge < -0.3 is 14.7 Å². The van der Waals surface area contributed by atoms with E-state index in [1.165, 1.54) is 0 Å². The van der Waals surface area contributed by atoms with Gasteiger partial charge in [-0.1, -0.05) is 6.92 Å². The van der Waals surface area contributed by atoms with Crippen molar-refractivity contribution in [3.05, 3.63) is 0 Å². The number of amides is 1. The summed E-state index contributed by atoms with van der Waals surface area (Å²) in [5.74, 6) is -0.783. The molecule has 0 aliphatic carbocycles. The van der Waals surface area contributed by atoms with Crippen LogP contribution in [0.1, 0.15) is 53.9 Å². The smallest absolute Gasteiger partial charge is 0.410 e. The van der Waals surface area contributed by atoms with E-state index in [0.29, 0.717) is 19.4 Å². The molecule has 5 nitrogen and oxygen atoms in total. The Balaban J connectivity index is 2.78. The van der Waals surface area contributed by atoms with Crippen LogP contribution in [-0.2, 0) is 9.53 Å². The number of carboxylic acids is 1. The largest absolute Gasteiger partial charge is 0.481 e. The molecule has 1 rings (SSSR count). The van der Waals surface area contributed by atoms with Crippen LogP contribution in [0, 0.1) is 5.41 Å². The first kappa shape index (κ1) is 15.8. The Hall–Kier alpha value is -1.26. The summed E-state index contributed by atoms with van der Waals surface area (Å²) in [5.41, 5.74) is -1.26. The number of rotatable bonds is 2. The van der Waals surface area contributed by atoms with Crippen LogP contribution in [0.15, 0.2) is 0 Å². The van der Waals surface area contributed by atoms with Gasteiger partial charge >= 0.3 is 12.1 Å². The summed E-state index contributed by atoms with van der Waals surface area (Å²) in [5, 5.41) is 9.29. The molecule has 1 amide bonds. The van der Waals surface area contributed by atoms with Crippen LogP contribution in [-0.4, -0.2) is 40.3 Å². The number of carbonyl (C=O) groups excluding carboxylic acids is 1. The SMILES string of the molecule is CCC1CC(C)(C(=O)O)CCN1C(=O)OC(C)(C)C. The summed E-state index contributed by atoms with van der Waals surface area (Å²) in [6.07, 6.45) is 1.35. The molecule has 1 heterocycles. The van der Waals surface area contributed by atoms with E-state index in [9.17, 15) is 14.7 Å². The molecule has 0 radical (unpaired) electrons. The topological polar surface area (TPSA) is 66.8 Å². The minimum absolute atomic E-state index is 0.0651. The van der Waals surface area contributed by atoms with Crippen LogP contribution in [0.3, 0.4) is 0 Å². The van der Waals surface area contributed by atoms with Crippen LogP contribution in [0.4, 0.5) is 4.79 Å². The lowest BCUT2D eigenvalue weighted by Crippen LogP contribution is -2.52. The van der Waals surface area contributed by atoms with Gasteiger partial charge in [-0.15, -0.1) is 0 Å². The number of likely N-dealkylation sites (tertiary alicyclic amines) is 1. The highest BCUT2D eigenvalue weighted by Crippen LogP contribution is 2.36. The lowest BCUT2D eigenvalue weighted by Gasteiger charge is -2.42.